The number of H-pyrrole nitrogens is 1. The predicted octanol–water partition coefficient (Wildman–Crippen LogP) is 3.92. The second kappa shape index (κ2) is 6.92. The van der Waals surface area contributed by atoms with E-state index in [0.717, 1.165) is 16.7 Å². The van der Waals surface area contributed by atoms with Crippen molar-refractivity contribution in [3.05, 3.63) is 77.9 Å². The Bertz CT molecular complexity index is 1100. The fourth-order valence-corrected chi connectivity index (χ4v) is 3.09. The first-order valence-corrected chi connectivity index (χ1v) is 8.44. The summed E-state index contributed by atoms with van der Waals surface area (Å²) in [5.41, 5.74) is 4.37. The van der Waals surface area contributed by atoms with Gasteiger partial charge in [0.15, 0.2) is 0 Å². The molecule has 6 heteroatoms. The number of carbonyl (C=O) groups is 1. The topological polar surface area (TPSA) is 88.1 Å². The molecule has 0 fully saturated rings. The maximum atomic E-state index is 11.5. The SMILES string of the molecule is COc1ccc(C(=O)O)c2nc(Cc3ccc(-c4cccnc4)cc3)[nH]c12. The molecule has 0 spiro atoms. The Kier molecular flexibility index (Phi) is 4.30. The second-order valence-corrected chi connectivity index (χ2v) is 6.14. The number of nitrogens with one attached hydrogen (secondary N) is 1. The zero-order chi connectivity index (χ0) is 18.8. The van der Waals surface area contributed by atoms with Crippen molar-refractivity contribution in [2.24, 2.45) is 0 Å². The van der Waals surface area contributed by atoms with Crippen LogP contribution < -0.4 is 4.74 Å². The summed E-state index contributed by atoms with van der Waals surface area (Å²) in [4.78, 5) is 23.3. The van der Waals surface area contributed by atoms with Crippen LogP contribution in [0.15, 0.2) is 60.9 Å². The molecule has 4 rings (SSSR count). The highest BCUT2D eigenvalue weighted by atomic mass is 16.5. The van der Waals surface area contributed by atoms with E-state index in [1.165, 1.54) is 6.07 Å². The number of aromatic amines is 1. The molecule has 0 atom stereocenters. The molecule has 27 heavy (non-hydrogen) atoms. The van der Waals surface area contributed by atoms with Crippen molar-refractivity contribution in [1.29, 1.82) is 0 Å². The summed E-state index contributed by atoms with van der Waals surface area (Å²) in [7, 11) is 1.55. The molecule has 0 radical (unpaired) electrons. The van der Waals surface area contributed by atoms with Gasteiger partial charge in [-0.3, -0.25) is 4.98 Å². The van der Waals surface area contributed by atoms with Crippen molar-refractivity contribution in [1.82, 2.24) is 15.0 Å². The van der Waals surface area contributed by atoms with Gasteiger partial charge in [-0.15, -0.1) is 0 Å². The quantitative estimate of drug-likeness (QED) is 0.564. The van der Waals surface area contributed by atoms with E-state index < -0.39 is 5.97 Å². The van der Waals surface area contributed by atoms with Crippen LogP contribution in [-0.4, -0.2) is 33.1 Å². The maximum Gasteiger partial charge on any atom is 0.337 e. The van der Waals surface area contributed by atoms with Gasteiger partial charge in [-0.25, -0.2) is 9.78 Å². The summed E-state index contributed by atoms with van der Waals surface area (Å²) in [6.45, 7) is 0. The highest BCUT2D eigenvalue weighted by Crippen LogP contribution is 2.27. The first kappa shape index (κ1) is 16.8. The fourth-order valence-electron chi connectivity index (χ4n) is 3.09. The molecule has 0 saturated heterocycles. The van der Waals surface area contributed by atoms with Crippen LogP contribution in [-0.2, 0) is 6.42 Å². The molecule has 0 saturated carbocycles. The Morgan fingerprint density at radius 2 is 1.93 bits per heavy atom. The van der Waals surface area contributed by atoms with Gasteiger partial charge in [0.05, 0.1) is 12.7 Å². The number of aromatic carboxylic acids is 1. The number of imidazole rings is 1. The standard InChI is InChI=1S/C21H17N3O3/c1-27-17-9-8-16(21(25)26)19-20(17)24-18(23-19)11-13-4-6-14(7-5-13)15-3-2-10-22-12-15/h2-10,12H,11H2,1H3,(H,23,24)(H,25,26). The Morgan fingerprint density at radius 1 is 1.11 bits per heavy atom. The van der Waals surface area contributed by atoms with Crippen LogP contribution in [0.2, 0.25) is 0 Å². The normalized spacial score (nSPS) is 10.9. The lowest BCUT2D eigenvalue weighted by molar-refractivity contribution is 0.0699. The van der Waals surface area contributed by atoms with Crippen molar-refractivity contribution in [2.45, 2.75) is 6.42 Å². The van der Waals surface area contributed by atoms with Crippen molar-refractivity contribution < 1.29 is 14.6 Å². The summed E-state index contributed by atoms with van der Waals surface area (Å²) in [6, 6.07) is 15.2. The van der Waals surface area contributed by atoms with Crippen LogP contribution in [0.1, 0.15) is 21.7 Å². The molecule has 0 aliphatic heterocycles. The van der Waals surface area contributed by atoms with E-state index in [1.54, 1.807) is 19.4 Å². The van der Waals surface area contributed by atoms with Crippen molar-refractivity contribution in [3.63, 3.8) is 0 Å². The number of fused-ring (bicyclic) bond motifs is 1. The Morgan fingerprint density at radius 3 is 2.59 bits per heavy atom. The second-order valence-electron chi connectivity index (χ2n) is 6.14. The molecular formula is C21H17N3O3. The molecule has 4 aromatic rings. The Labute approximate surface area is 155 Å². The van der Waals surface area contributed by atoms with Gasteiger partial charge in [0.2, 0.25) is 0 Å². The smallest absolute Gasteiger partial charge is 0.337 e. The minimum absolute atomic E-state index is 0.153. The number of carboxylic acid groups (broad SMARTS) is 1. The summed E-state index contributed by atoms with van der Waals surface area (Å²) in [6.07, 6.45) is 4.14. The van der Waals surface area contributed by atoms with Gasteiger partial charge in [0, 0.05) is 18.8 Å². The van der Waals surface area contributed by atoms with Crippen LogP contribution >= 0.6 is 0 Å². The molecule has 2 aromatic heterocycles. The monoisotopic (exact) mass is 359 g/mol. The number of nitrogens with zero attached hydrogens (tertiary/aromatic N) is 2. The lowest BCUT2D eigenvalue weighted by atomic mass is 10.0. The van der Waals surface area contributed by atoms with E-state index in [0.29, 0.717) is 29.0 Å². The summed E-state index contributed by atoms with van der Waals surface area (Å²) >= 11 is 0. The minimum atomic E-state index is -1.01. The van der Waals surface area contributed by atoms with E-state index in [4.69, 9.17) is 4.74 Å². The number of rotatable bonds is 5. The molecule has 0 unspecified atom stereocenters. The number of aromatic nitrogens is 3. The zero-order valence-electron chi connectivity index (χ0n) is 14.6. The third-order valence-corrected chi connectivity index (χ3v) is 4.43. The summed E-state index contributed by atoms with van der Waals surface area (Å²) < 4.78 is 5.32. The van der Waals surface area contributed by atoms with Gasteiger partial charge in [-0.05, 0) is 34.9 Å². The number of carboxylic acids is 1. The van der Waals surface area contributed by atoms with Crippen molar-refractivity contribution in [2.75, 3.05) is 7.11 Å². The lowest BCUT2D eigenvalue weighted by Crippen LogP contribution is -1.98. The van der Waals surface area contributed by atoms with E-state index in [2.05, 4.69) is 15.0 Å². The zero-order valence-corrected chi connectivity index (χ0v) is 14.6. The van der Waals surface area contributed by atoms with E-state index in [1.807, 2.05) is 42.6 Å². The Hall–Kier alpha value is -3.67. The van der Waals surface area contributed by atoms with E-state index >= 15 is 0 Å². The van der Waals surface area contributed by atoms with Gasteiger partial charge in [0.25, 0.3) is 0 Å². The van der Waals surface area contributed by atoms with Gasteiger partial charge >= 0.3 is 5.97 Å². The number of hydrogen-bond donors (Lipinski definition) is 2. The molecule has 0 amide bonds. The largest absolute Gasteiger partial charge is 0.494 e. The first-order chi connectivity index (χ1) is 13.2. The molecule has 2 heterocycles. The summed E-state index contributed by atoms with van der Waals surface area (Å²) in [5, 5.41) is 9.38. The number of pyridine rings is 1. The molecule has 2 N–H and O–H groups in total. The van der Waals surface area contributed by atoms with Crippen LogP contribution in [0.4, 0.5) is 0 Å². The number of methoxy groups -OCH3 is 1. The van der Waals surface area contributed by atoms with Crippen LogP contribution in [0.3, 0.4) is 0 Å². The highest BCUT2D eigenvalue weighted by molar-refractivity contribution is 6.02. The van der Waals surface area contributed by atoms with Crippen LogP contribution in [0.25, 0.3) is 22.2 Å². The molecule has 0 aliphatic rings. The van der Waals surface area contributed by atoms with Crippen molar-refractivity contribution >= 4 is 17.0 Å². The molecular weight excluding hydrogens is 342 g/mol. The Balaban J connectivity index is 1.65. The van der Waals surface area contributed by atoms with Gasteiger partial charge in [-0.2, -0.15) is 0 Å². The van der Waals surface area contributed by atoms with E-state index in [9.17, 15) is 9.90 Å². The van der Waals surface area contributed by atoms with Gasteiger partial charge in [0.1, 0.15) is 22.6 Å². The molecule has 6 nitrogen and oxygen atoms in total. The average Bonchev–Trinajstić information content (AvgIpc) is 3.11. The maximum absolute atomic E-state index is 11.5. The number of hydrogen-bond acceptors (Lipinski definition) is 4. The van der Waals surface area contributed by atoms with Crippen LogP contribution in [0.5, 0.6) is 5.75 Å². The number of ether oxygens (including phenoxy) is 1. The predicted molar refractivity (Wildman–Crippen MR) is 102 cm³/mol. The highest BCUT2D eigenvalue weighted by Gasteiger charge is 2.16. The molecule has 0 aliphatic carbocycles. The lowest BCUT2D eigenvalue weighted by Gasteiger charge is -2.03. The third-order valence-electron chi connectivity index (χ3n) is 4.43. The number of benzene rings is 2. The minimum Gasteiger partial charge on any atom is -0.494 e. The van der Waals surface area contributed by atoms with Gasteiger partial charge in [-0.1, -0.05) is 30.3 Å². The molecule has 134 valence electrons. The van der Waals surface area contributed by atoms with Crippen LogP contribution in [0, 0.1) is 0 Å². The first-order valence-electron chi connectivity index (χ1n) is 8.44. The molecule has 0 bridgehead atoms. The summed E-state index contributed by atoms with van der Waals surface area (Å²) in [5.74, 6) is 0.244. The van der Waals surface area contributed by atoms with Crippen molar-refractivity contribution in [3.8, 4) is 16.9 Å². The fraction of sp³-hybridized carbons (Fsp3) is 0.0952. The van der Waals surface area contributed by atoms with Gasteiger partial charge < -0.3 is 14.8 Å². The molecule has 2 aromatic carbocycles. The van der Waals surface area contributed by atoms with E-state index in [-0.39, 0.29) is 5.56 Å². The third kappa shape index (κ3) is 3.25. The average molecular weight is 359 g/mol.